The molecule has 1 aromatic rings. The van der Waals surface area contributed by atoms with Crippen molar-refractivity contribution in [3.8, 4) is 0 Å². The molecule has 82 valence electrons. The maximum Gasteiger partial charge on any atom is 0.240 e. The molecular formula is C10H15N3O2. The van der Waals surface area contributed by atoms with Crippen LogP contribution in [-0.2, 0) is 16.1 Å². The SMILES string of the molecule is O=C(Cn1ccnc1)NCC1CCCO1. The second-order valence-electron chi connectivity index (χ2n) is 3.67. The number of carbonyl (C=O) groups is 1. The van der Waals surface area contributed by atoms with Crippen molar-refractivity contribution in [2.75, 3.05) is 13.2 Å². The van der Waals surface area contributed by atoms with E-state index in [2.05, 4.69) is 10.3 Å². The van der Waals surface area contributed by atoms with Crippen molar-refractivity contribution in [1.82, 2.24) is 14.9 Å². The van der Waals surface area contributed by atoms with E-state index in [1.807, 2.05) is 0 Å². The van der Waals surface area contributed by atoms with Crippen molar-refractivity contribution < 1.29 is 9.53 Å². The lowest BCUT2D eigenvalue weighted by Gasteiger charge is -2.10. The van der Waals surface area contributed by atoms with Gasteiger partial charge in [-0.1, -0.05) is 0 Å². The first-order valence-corrected chi connectivity index (χ1v) is 5.18. The summed E-state index contributed by atoms with van der Waals surface area (Å²) in [6.45, 7) is 1.77. The quantitative estimate of drug-likeness (QED) is 0.769. The Labute approximate surface area is 88.4 Å². The van der Waals surface area contributed by atoms with Gasteiger partial charge in [0.1, 0.15) is 6.54 Å². The summed E-state index contributed by atoms with van der Waals surface area (Å²) in [4.78, 5) is 15.3. The molecule has 2 heterocycles. The molecule has 1 aliphatic heterocycles. The largest absolute Gasteiger partial charge is 0.376 e. The molecule has 1 unspecified atom stereocenters. The van der Waals surface area contributed by atoms with Crippen LogP contribution in [-0.4, -0.2) is 34.7 Å². The van der Waals surface area contributed by atoms with E-state index in [0.29, 0.717) is 13.1 Å². The van der Waals surface area contributed by atoms with Crippen LogP contribution in [0.1, 0.15) is 12.8 Å². The van der Waals surface area contributed by atoms with Gasteiger partial charge in [0.05, 0.1) is 12.4 Å². The van der Waals surface area contributed by atoms with Crippen LogP contribution in [0.3, 0.4) is 0 Å². The van der Waals surface area contributed by atoms with Crippen LogP contribution in [0, 0.1) is 0 Å². The minimum Gasteiger partial charge on any atom is -0.376 e. The molecule has 1 fully saturated rings. The van der Waals surface area contributed by atoms with E-state index in [1.54, 1.807) is 23.3 Å². The number of hydrogen-bond acceptors (Lipinski definition) is 3. The molecule has 0 aliphatic carbocycles. The van der Waals surface area contributed by atoms with Crippen LogP contribution in [0.5, 0.6) is 0 Å². The molecule has 0 aromatic carbocycles. The summed E-state index contributed by atoms with van der Waals surface area (Å²) in [7, 11) is 0. The molecular weight excluding hydrogens is 194 g/mol. The highest BCUT2D eigenvalue weighted by molar-refractivity contribution is 5.75. The minimum atomic E-state index is 0.00324. The van der Waals surface area contributed by atoms with Crippen molar-refractivity contribution in [1.29, 1.82) is 0 Å². The van der Waals surface area contributed by atoms with E-state index in [4.69, 9.17) is 4.74 Å². The Balaban J connectivity index is 1.68. The fourth-order valence-corrected chi connectivity index (χ4v) is 1.63. The van der Waals surface area contributed by atoms with E-state index in [-0.39, 0.29) is 12.0 Å². The second-order valence-corrected chi connectivity index (χ2v) is 3.67. The molecule has 2 rings (SSSR count). The molecule has 1 saturated heterocycles. The molecule has 1 atom stereocenters. The van der Waals surface area contributed by atoms with Crippen molar-refractivity contribution in [3.63, 3.8) is 0 Å². The molecule has 15 heavy (non-hydrogen) atoms. The van der Waals surface area contributed by atoms with Gasteiger partial charge < -0.3 is 14.6 Å². The van der Waals surface area contributed by atoms with Gasteiger partial charge in [-0.25, -0.2) is 4.98 Å². The standard InChI is InChI=1S/C10H15N3O2/c14-10(7-13-4-3-11-8-13)12-6-9-2-1-5-15-9/h3-4,8-9H,1-2,5-7H2,(H,12,14). The average Bonchev–Trinajstić information content (AvgIpc) is 2.86. The summed E-state index contributed by atoms with van der Waals surface area (Å²) in [6.07, 6.45) is 7.41. The van der Waals surface area contributed by atoms with Gasteiger partial charge in [-0.15, -0.1) is 0 Å². The molecule has 1 N–H and O–H groups in total. The Hall–Kier alpha value is -1.36. The number of nitrogens with one attached hydrogen (secondary N) is 1. The first-order valence-electron chi connectivity index (χ1n) is 5.18. The second kappa shape index (κ2) is 4.93. The van der Waals surface area contributed by atoms with E-state index >= 15 is 0 Å². The first-order chi connectivity index (χ1) is 7.34. The number of hydrogen-bond donors (Lipinski definition) is 1. The van der Waals surface area contributed by atoms with E-state index in [9.17, 15) is 4.79 Å². The maximum absolute atomic E-state index is 11.5. The molecule has 5 nitrogen and oxygen atoms in total. The van der Waals surface area contributed by atoms with Gasteiger partial charge in [0.25, 0.3) is 0 Å². The third-order valence-corrected chi connectivity index (χ3v) is 2.44. The number of rotatable bonds is 4. The van der Waals surface area contributed by atoms with Crippen LogP contribution in [0.2, 0.25) is 0 Å². The predicted octanol–water partition coefficient (Wildman–Crippen LogP) is 0.178. The highest BCUT2D eigenvalue weighted by atomic mass is 16.5. The van der Waals surface area contributed by atoms with Crippen molar-refractivity contribution in [3.05, 3.63) is 18.7 Å². The summed E-state index contributed by atoms with van der Waals surface area (Å²) in [5.74, 6) is 0.00324. The smallest absolute Gasteiger partial charge is 0.240 e. The molecule has 0 saturated carbocycles. The average molecular weight is 209 g/mol. The van der Waals surface area contributed by atoms with Crippen LogP contribution in [0.15, 0.2) is 18.7 Å². The van der Waals surface area contributed by atoms with Gasteiger partial charge in [-0.05, 0) is 12.8 Å². The molecule has 0 radical (unpaired) electrons. The summed E-state index contributed by atoms with van der Waals surface area (Å²) in [6, 6.07) is 0. The number of aromatic nitrogens is 2. The highest BCUT2D eigenvalue weighted by Gasteiger charge is 2.15. The molecule has 1 aliphatic rings. The van der Waals surface area contributed by atoms with Crippen LogP contribution >= 0.6 is 0 Å². The van der Waals surface area contributed by atoms with Crippen molar-refractivity contribution >= 4 is 5.91 Å². The van der Waals surface area contributed by atoms with Gasteiger partial charge in [-0.3, -0.25) is 4.79 Å². The summed E-state index contributed by atoms with van der Waals surface area (Å²) in [5.41, 5.74) is 0. The minimum absolute atomic E-state index is 0.00324. The zero-order valence-corrected chi connectivity index (χ0v) is 8.56. The lowest BCUT2D eigenvalue weighted by atomic mass is 10.2. The molecule has 0 bridgehead atoms. The Morgan fingerprint density at radius 1 is 1.67 bits per heavy atom. The molecule has 0 spiro atoms. The molecule has 1 amide bonds. The van der Waals surface area contributed by atoms with E-state index in [1.165, 1.54) is 0 Å². The zero-order chi connectivity index (χ0) is 10.5. The van der Waals surface area contributed by atoms with Gasteiger partial charge in [0.2, 0.25) is 5.91 Å². The summed E-state index contributed by atoms with van der Waals surface area (Å²) >= 11 is 0. The maximum atomic E-state index is 11.5. The Morgan fingerprint density at radius 3 is 3.27 bits per heavy atom. The fraction of sp³-hybridized carbons (Fsp3) is 0.600. The van der Waals surface area contributed by atoms with Crippen molar-refractivity contribution in [2.24, 2.45) is 0 Å². The van der Waals surface area contributed by atoms with Gasteiger partial charge in [0.15, 0.2) is 0 Å². The molecule has 1 aromatic heterocycles. The van der Waals surface area contributed by atoms with Crippen LogP contribution in [0.25, 0.3) is 0 Å². The highest BCUT2D eigenvalue weighted by Crippen LogP contribution is 2.10. The Bertz CT molecular complexity index is 304. The van der Waals surface area contributed by atoms with Crippen molar-refractivity contribution in [2.45, 2.75) is 25.5 Å². The number of imidazole rings is 1. The van der Waals surface area contributed by atoms with Crippen LogP contribution < -0.4 is 5.32 Å². The predicted molar refractivity (Wildman–Crippen MR) is 54.2 cm³/mol. The monoisotopic (exact) mass is 209 g/mol. The number of ether oxygens (including phenoxy) is 1. The van der Waals surface area contributed by atoms with E-state index < -0.39 is 0 Å². The fourth-order valence-electron chi connectivity index (χ4n) is 1.63. The topological polar surface area (TPSA) is 56.2 Å². The lowest BCUT2D eigenvalue weighted by Crippen LogP contribution is -2.33. The third kappa shape index (κ3) is 3.06. The molecule has 5 heteroatoms. The number of nitrogens with zero attached hydrogens (tertiary/aromatic N) is 2. The van der Waals surface area contributed by atoms with Gasteiger partial charge in [-0.2, -0.15) is 0 Å². The van der Waals surface area contributed by atoms with Gasteiger partial charge in [0, 0.05) is 25.5 Å². The van der Waals surface area contributed by atoms with Crippen LogP contribution in [0.4, 0.5) is 0 Å². The van der Waals surface area contributed by atoms with E-state index in [0.717, 1.165) is 19.4 Å². The van der Waals surface area contributed by atoms with Gasteiger partial charge >= 0.3 is 0 Å². The summed E-state index contributed by atoms with van der Waals surface area (Å²) < 4.78 is 7.15. The number of amides is 1. The first kappa shape index (κ1) is 10.2. The number of carbonyl (C=O) groups excluding carboxylic acids is 1. The Kier molecular flexibility index (Phi) is 3.34. The third-order valence-electron chi connectivity index (χ3n) is 2.44. The Morgan fingerprint density at radius 2 is 2.60 bits per heavy atom. The summed E-state index contributed by atoms with van der Waals surface area (Å²) in [5, 5.41) is 2.85. The normalized spacial score (nSPS) is 20.4. The zero-order valence-electron chi connectivity index (χ0n) is 8.56. The lowest BCUT2D eigenvalue weighted by molar-refractivity contribution is -0.122.